The summed E-state index contributed by atoms with van der Waals surface area (Å²) in [6, 6.07) is 7.66. The zero-order valence-corrected chi connectivity index (χ0v) is 14.4. The molecule has 23 heavy (non-hydrogen) atoms. The molecule has 2 aromatic rings. The van der Waals surface area contributed by atoms with Gasteiger partial charge >= 0.3 is 0 Å². The second-order valence-electron chi connectivity index (χ2n) is 6.04. The fourth-order valence-electron chi connectivity index (χ4n) is 2.81. The van der Waals surface area contributed by atoms with E-state index < -0.39 is 0 Å². The topological polar surface area (TPSA) is 51.2 Å². The minimum absolute atomic E-state index is 0.0201. The average Bonchev–Trinajstić information content (AvgIpc) is 2.90. The van der Waals surface area contributed by atoms with Crippen molar-refractivity contribution >= 4 is 22.4 Å². The number of nitrogens with zero attached hydrogens (tertiary/aromatic N) is 1. The van der Waals surface area contributed by atoms with E-state index in [0.29, 0.717) is 13.0 Å². The second kappa shape index (κ2) is 7.13. The molecule has 1 aromatic carbocycles. The van der Waals surface area contributed by atoms with Crippen molar-refractivity contribution < 1.29 is 9.53 Å². The number of carbonyl (C=O) groups excluding carboxylic acids is 1. The number of carbonyl (C=O) groups is 1. The van der Waals surface area contributed by atoms with Crippen LogP contribution in [0.25, 0.3) is 0 Å². The van der Waals surface area contributed by atoms with Crippen molar-refractivity contribution in [1.82, 2.24) is 4.98 Å². The fourth-order valence-corrected chi connectivity index (χ4v) is 4.00. The first kappa shape index (κ1) is 16.0. The molecule has 1 aliphatic carbocycles. The molecule has 4 nitrogen and oxygen atoms in total. The van der Waals surface area contributed by atoms with Crippen molar-refractivity contribution in [3.63, 3.8) is 0 Å². The molecule has 1 N–H and O–H groups in total. The lowest BCUT2D eigenvalue weighted by molar-refractivity contribution is -0.115. The molecular weight excluding hydrogens is 308 g/mol. The van der Waals surface area contributed by atoms with Crippen LogP contribution >= 0.6 is 11.3 Å². The molecule has 1 unspecified atom stereocenters. The van der Waals surface area contributed by atoms with Crippen LogP contribution in [-0.4, -0.2) is 17.5 Å². The summed E-state index contributed by atoms with van der Waals surface area (Å²) in [6.07, 6.45) is 3.66. The Kier molecular flexibility index (Phi) is 4.96. The minimum atomic E-state index is -0.0201. The van der Waals surface area contributed by atoms with E-state index in [0.717, 1.165) is 35.2 Å². The van der Waals surface area contributed by atoms with E-state index in [9.17, 15) is 4.79 Å². The van der Waals surface area contributed by atoms with Gasteiger partial charge in [-0.25, -0.2) is 4.98 Å². The van der Waals surface area contributed by atoms with Gasteiger partial charge in [-0.3, -0.25) is 4.79 Å². The number of ether oxygens (including phenoxy) is 1. The molecule has 1 atom stereocenters. The number of benzene rings is 1. The van der Waals surface area contributed by atoms with Crippen LogP contribution in [0.4, 0.5) is 5.13 Å². The number of hydrogen-bond acceptors (Lipinski definition) is 4. The molecule has 122 valence electrons. The Morgan fingerprint density at radius 1 is 1.39 bits per heavy atom. The predicted octanol–water partition coefficient (Wildman–Crippen LogP) is 3.85. The lowest BCUT2D eigenvalue weighted by atomic mass is 9.93. The Morgan fingerprint density at radius 2 is 2.17 bits per heavy atom. The second-order valence-corrected chi connectivity index (χ2v) is 7.12. The zero-order chi connectivity index (χ0) is 16.2. The van der Waals surface area contributed by atoms with E-state index in [4.69, 9.17) is 4.74 Å². The zero-order valence-electron chi connectivity index (χ0n) is 13.6. The van der Waals surface area contributed by atoms with Crippen molar-refractivity contribution in [2.75, 3.05) is 11.9 Å². The molecule has 0 saturated heterocycles. The summed E-state index contributed by atoms with van der Waals surface area (Å²) >= 11 is 1.62. The summed E-state index contributed by atoms with van der Waals surface area (Å²) in [5, 5.41) is 3.68. The van der Waals surface area contributed by atoms with E-state index >= 15 is 0 Å². The SMILES string of the molecule is CCOc1ccc(CC(=O)Nc2nc3c(s2)CC(C)CC3)cc1. The van der Waals surface area contributed by atoms with Crippen molar-refractivity contribution in [2.24, 2.45) is 5.92 Å². The van der Waals surface area contributed by atoms with Crippen LogP contribution < -0.4 is 10.1 Å². The summed E-state index contributed by atoms with van der Waals surface area (Å²) in [5.74, 6) is 1.53. The van der Waals surface area contributed by atoms with Gasteiger partial charge in [0.25, 0.3) is 0 Å². The predicted molar refractivity (Wildman–Crippen MR) is 93.2 cm³/mol. The highest BCUT2D eigenvalue weighted by Crippen LogP contribution is 2.32. The normalized spacial score (nSPS) is 16.7. The van der Waals surface area contributed by atoms with Gasteiger partial charge in [0.15, 0.2) is 5.13 Å². The summed E-state index contributed by atoms with van der Waals surface area (Å²) in [4.78, 5) is 18.1. The number of hydrogen-bond donors (Lipinski definition) is 1. The van der Waals surface area contributed by atoms with Gasteiger partial charge in [0.2, 0.25) is 5.91 Å². The molecule has 0 aliphatic heterocycles. The molecule has 0 spiro atoms. The summed E-state index contributed by atoms with van der Waals surface area (Å²) < 4.78 is 5.41. The third-order valence-electron chi connectivity index (χ3n) is 4.03. The molecule has 1 aromatic heterocycles. The largest absolute Gasteiger partial charge is 0.494 e. The van der Waals surface area contributed by atoms with Crippen LogP contribution in [0.2, 0.25) is 0 Å². The number of fused-ring (bicyclic) bond motifs is 1. The Bertz CT molecular complexity index is 679. The van der Waals surface area contributed by atoms with Crippen LogP contribution in [0, 0.1) is 5.92 Å². The minimum Gasteiger partial charge on any atom is -0.494 e. The number of amides is 1. The van der Waals surface area contributed by atoms with Crippen molar-refractivity contribution in [2.45, 2.75) is 39.5 Å². The third kappa shape index (κ3) is 4.10. The molecule has 0 fully saturated rings. The monoisotopic (exact) mass is 330 g/mol. The van der Waals surface area contributed by atoms with Gasteiger partial charge in [0.05, 0.1) is 18.7 Å². The van der Waals surface area contributed by atoms with Crippen molar-refractivity contribution in [3.05, 3.63) is 40.4 Å². The molecule has 1 aliphatic rings. The number of anilines is 1. The number of rotatable bonds is 5. The maximum atomic E-state index is 12.2. The van der Waals surface area contributed by atoms with Crippen LogP contribution in [-0.2, 0) is 24.1 Å². The summed E-state index contributed by atoms with van der Waals surface area (Å²) in [5.41, 5.74) is 2.14. The molecule has 3 rings (SSSR count). The lowest BCUT2D eigenvalue weighted by Crippen LogP contribution is -2.14. The number of nitrogens with one attached hydrogen (secondary N) is 1. The first-order valence-electron chi connectivity index (χ1n) is 8.14. The van der Waals surface area contributed by atoms with Gasteiger partial charge in [-0.2, -0.15) is 0 Å². The standard InChI is InChI=1S/C18H22N2O2S/c1-3-22-14-7-5-13(6-8-14)11-17(21)20-18-19-15-9-4-12(2)10-16(15)23-18/h5-8,12H,3-4,9-11H2,1-2H3,(H,19,20,21). The maximum absolute atomic E-state index is 12.2. The molecule has 1 amide bonds. The van der Waals surface area contributed by atoms with Gasteiger partial charge in [0.1, 0.15) is 5.75 Å². The first-order chi connectivity index (χ1) is 11.1. The van der Waals surface area contributed by atoms with E-state index in [-0.39, 0.29) is 5.91 Å². The van der Waals surface area contributed by atoms with Gasteiger partial charge in [-0.15, -0.1) is 11.3 Å². The number of aromatic nitrogens is 1. The van der Waals surface area contributed by atoms with E-state index in [1.807, 2.05) is 31.2 Å². The summed E-state index contributed by atoms with van der Waals surface area (Å²) in [7, 11) is 0. The first-order valence-corrected chi connectivity index (χ1v) is 8.96. The molecular formula is C18H22N2O2S. The molecule has 0 saturated carbocycles. The van der Waals surface area contributed by atoms with Crippen LogP contribution in [0.5, 0.6) is 5.75 Å². The lowest BCUT2D eigenvalue weighted by Gasteiger charge is -2.15. The van der Waals surface area contributed by atoms with Crippen LogP contribution in [0.1, 0.15) is 36.4 Å². The van der Waals surface area contributed by atoms with Gasteiger partial charge in [-0.05, 0) is 49.8 Å². The van der Waals surface area contributed by atoms with E-state index in [2.05, 4.69) is 17.2 Å². The number of aryl methyl sites for hydroxylation is 1. The van der Waals surface area contributed by atoms with Crippen LogP contribution in [0.15, 0.2) is 24.3 Å². The average molecular weight is 330 g/mol. The summed E-state index contributed by atoms with van der Waals surface area (Å²) in [6.45, 7) is 4.87. The third-order valence-corrected chi connectivity index (χ3v) is 5.07. The highest BCUT2D eigenvalue weighted by molar-refractivity contribution is 7.15. The maximum Gasteiger partial charge on any atom is 0.230 e. The highest BCUT2D eigenvalue weighted by Gasteiger charge is 2.20. The molecule has 5 heteroatoms. The van der Waals surface area contributed by atoms with Gasteiger partial charge < -0.3 is 10.1 Å². The fraction of sp³-hybridized carbons (Fsp3) is 0.444. The Morgan fingerprint density at radius 3 is 2.91 bits per heavy atom. The van der Waals surface area contributed by atoms with Gasteiger partial charge in [0, 0.05) is 4.88 Å². The smallest absolute Gasteiger partial charge is 0.230 e. The Hall–Kier alpha value is -1.88. The van der Waals surface area contributed by atoms with E-state index in [1.165, 1.54) is 17.0 Å². The number of thiazole rings is 1. The van der Waals surface area contributed by atoms with E-state index in [1.54, 1.807) is 11.3 Å². The molecule has 1 heterocycles. The van der Waals surface area contributed by atoms with Crippen LogP contribution in [0.3, 0.4) is 0 Å². The van der Waals surface area contributed by atoms with Gasteiger partial charge in [-0.1, -0.05) is 19.1 Å². The Labute approximate surface area is 140 Å². The Balaban J connectivity index is 1.59. The quantitative estimate of drug-likeness (QED) is 0.906. The molecule has 0 bridgehead atoms. The van der Waals surface area contributed by atoms with Crippen molar-refractivity contribution in [3.8, 4) is 5.75 Å². The molecule has 0 radical (unpaired) electrons. The van der Waals surface area contributed by atoms with Crippen molar-refractivity contribution in [1.29, 1.82) is 0 Å². The highest BCUT2D eigenvalue weighted by atomic mass is 32.1.